The summed E-state index contributed by atoms with van der Waals surface area (Å²) in [5.74, 6) is 1.93. The Bertz CT molecular complexity index is 912. The number of anilines is 1. The molecule has 3 heterocycles. The molecule has 3 aromatic rings. The lowest BCUT2D eigenvalue weighted by atomic mass is 10.1. The van der Waals surface area contributed by atoms with Gasteiger partial charge in [-0.2, -0.15) is 0 Å². The first-order valence-corrected chi connectivity index (χ1v) is 10.9. The van der Waals surface area contributed by atoms with Crippen LogP contribution in [0, 0.1) is 0 Å². The first-order valence-electron chi connectivity index (χ1n) is 9.98. The molecule has 164 valence electrons. The lowest BCUT2D eigenvalue weighted by molar-refractivity contribution is 0.233. The summed E-state index contributed by atoms with van der Waals surface area (Å²) in [6.45, 7) is 8.24. The van der Waals surface area contributed by atoms with Gasteiger partial charge in [-0.3, -0.25) is 0 Å². The molecule has 1 saturated heterocycles. The zero-order chi connectivity index (χ0) is 19.3. The molecule has 5 nitrogen and oxygen atoms in total. The van der Waals surface area contributed by atoms with E-state index < -0.39 is 0 Å². The van der Waals surface area contributed by atoms with Gasteiger partial charge in [-0.05, 0) is 48.3 Å². The molecule has 2 aromatic heterocycles. The summed E-state index contributed by atoms with van der Waals surface area (Å²) in [7, 11) is 0. The van der Waals surface area contributed by atoms with Crippen molar-refractivity contribution < 1.29 is 9.84 Å². The van der Waals surface area contributed by atoms with Crippen LogP contribution in [0.3, 0.4) is 0 Å². The van der Waals surface area contributed by atoms with Gasteiger partial charge in [-0.1, -0.05) is 6.92 Å². The predicted molar refractivity (Wildman–Crippen MR) is 131 cm³/mol. The maximum absolute atomic E-state index is 8.87. The van der Waals surface area contributed by atoms with Crippen LogP contribution in [0.2, 0.25) is 0 Å². The standard InChI is InChI=1S/C22H27N3O2S.2ClH/c1-2-24-9-11-25(12-10-24)22-19-8-15-28-21(19)16-20(23-22)17-4-6-18(7-5-17)27-14-3-13-26;;/h4-8,15-16,26H,2-3,9-14H2,1H3;2*1H. The van der Waals surface area contributed by atoms with E-state index in [4.69, 9.17) is 14.8 Å². The number of likely N-dealkylation sites (N-methyl/N-ethyl adjacent to an activating group) is 1. The van der Waals surface area contributed by atoms with Gasteiger partial charge >= 0.3 is 0 Å². The quantitative estimate of drug-likeness (QED) is 0.507. The van der Waals surface area contributed by atoms with Crippen LogP contribution in [0.1, 0.15) is 13.3 Å². The second kappa shape index (κ2) is 11.7. The van der Waals surface area contributed by atoms with Gasteiger partial charge in [0.15, 0.2) is 0 Å². The molecular formula is C22H29Cl2N3O2S. The second-order valence-corrected chi connectivity index (χ2v) is 7.98. The van der Waals surface area contributed by atoms with Crippen LogP contribution in [0.15, 0.2) is 41.8 Å². The molecule has 0 spiro atoms. The Labute approximate surface area is 194 Å². The summed E-state index contributed by atoms with van der Waals surface area (Å²) in [6, 6.07) is 12.5. The number of aromatic nitrogens is 1. The molecule has 1 aromatic carbocycles. The number of pyridine rings is 1. The third kappa shape index (κ3) is 5.56. The molecule has 4 rings (SSSR count). The highest BCUT2D eigenvalue weighted by Gasteiger charge is 2.20. The molecule has 30 heavy (non-hydrogen) atoms. The Kier molecular flexibility index (Phi) is 9.65. The zero-order valence-electron chi connectivity index (χ0n) is 17.1. The molecule has 1 aliphatic rings. The van der Waals surface area contributed by atoms with Crippen molar-refractivity contribution in [3.05, 3.63) is 41.8 Å². The number of fused-ring (bicyclic) bond motifs is 1. The third-order valence-electron chi connectivity index (χ3n) is 5.27. The van der Waals surface area contributed by atoms with Gasteiger partial charge in [0.1, 0.15) is 11.6 Å². The predicted octanol–water partition coefficient (Wildman–Crippen LogP) is 4.71. The first kappa shape index (κ1) is 24.7. The van der Waals surface area contributed by atoms with Crippen LogP contribution in [-0.2, 0) is 0 Å². The van der Waals surface area contributed by atoms with Crippen molar-refractivity contribution in [3.63, 3.8) is 0 Å². The summed E-state index contributed by atoms with van der Waals surface area (Å²) >= 11 is 1.77. The fourth-order valence-electron chi connectivity index (χ4n) is 3.59. The molecule has 1 fully saturated rings. The number of aliphatic hydroxyl groups is 1. The van der Waals surface area contributed by atoms with Crippen molar-refractivity contribution >= 4 is 52.1 Å². The monoisotopic (exact) mass is 469 g/mol. The SMILES string of the molecule is CCN1CCN(c2nc(-c3ccc(OCCCO)cc3)cc3sccc23)CC1.Cl.Cl. The number of benzene rings is 1. The fourth-order valence-corrected chi connectivity index (χ4v) is 4.41. The number of piperazine rings is 1. The Hall–Kier alpha value is -1.57. The number of halogens is 2. The van der Waals surface area contributed by atoms with Crippen molar-refractivity contribution in [2.75, 3.05) is 50.8 Å². The number of hydrogen-bond acceptors (Lipinski definition) is 6. The van der Waals surface area contributed by atoms with E-state index in [9.17, 15) is 0 Å². The van der Waals surface area contributed by atoms with E-state index in [1.807, 2.05) is 12.1 Å². The zero-order valence-corrected chi connectivity index (χ0v) is 19.6. The lowest BCUT2D eigenvalue weighted by Crippen LogP contribution is -2.46. The average Bonchev–Trinajstić information content (AvgIpc) is 3.23. The lowest BCUT2D eigenvalue weighted by Gasteiger charge is -2.35. The largest absolute Gasteiger partial charge is 0.494 e. The van der Waals surface area contributed by atoms with Gasteiger partial charge in [-0.25, -0.2) is 4.98 Å². The average molecular weight is 470 g/mol. The minimum Gasteiger partial charge on any atom is -0.494 e. The Balaban J connectivity index is 0.00000160. The van der Waals surface area contributed by atoms with Crippen LogP contribution in [0.4, 0.5) is 5.82 Å². The Morgan fingerprint density at radius 2 is 1.80 bits per heavy atom. The molecular weight excluding hydrogens is 441 g/mol. The minimum absolute atomic E-state index is 0. The van der Waals surface area contributed by atoms with Crippen molar-refractivity contribution in [1.82, 2.24) is 9.88 Å². The molecule has 0 saturated carbocycles. The molecule has 0 amide bonds. The normalized spacial score (nSPS) is 14.3. The maximum Gasteiger partial charge on any atom is 0.138 e. The highest BCUT2D eigenvalue weighted by atomic mass is 35.5. The summed E-state index contributed by atoms with van der Waals surface area (Å²) in [4.78, 5) is 9.98. The van der Waals surface area contributed by atoms with E-state index in [1.54, 1.807) is 11.3 Å². The van der Waals surface area contributed by atoms with Crippen LogP contribution in [0.25, 0.3) is 21.3 Å². The number of hydrogen-bond donors (Lipinski definition) is 1. The van der Waals surface area contributed by atoms with Crippen molar-refractivity contribution in [2.45, 2.75) is 13.3 Å². The highest BCUT2D eigenvalue weighted by Crippen LogP contribution is 2.34. The topological polar surface area (TPSA) is 48.8 Å². The summed E-state index contributed by atoms with van der Waals surface area (Å²) in [6.07, 6.45) is 0.646. The van der Waals surface area contributed by atoms with Gasteiger partial charge in [0.2, 0.25) is 0 Å². The number of rotatable bonds is 7. The first-order chi connectivity index (χ1) is 13.8. The van der Waals surface area contributed by atoms with E-state index in [0.717, 1.165) is 55.5 Å². The molecule has 0 radical (unpaired) electrons. The van der Waals surface area contributed by atoms with Crippen LogP contribution < -0.4 is 9.64 Å². The maximum atomic E-state index is 8.87. The van der Waals surface area contributed by atoms with E-state index in [-0.39, 0.29) is 31.4 Å². The molecule has 0 aliphatic carbocycles. The number of aliphatic hydroxyl groups excluding tert-OH is 1. The van der Waals surface area contributed by atoms with Gasteiger partial charge in [0.25, 0.3) is 0 Å². The fraction of sp³-hybridized carbons (Fsp3) is 0.409. The van der Waals surface area contributed by atoms with Crippen molar-refractivity contribution in [2.24, 2.45) is 0 Å². The van der Waals surface area contributed by atoms with Crippen LogP contribution in [-0.4, -0.2) is 60.9 Å². The number of ether oxygens (including phenoxy) is 1. The van der Waals surface area contributed by atoms with Gasteiger partial charge in [-0.15, -0.1) is 36.2 Å². The molecule has 0 bridgehead atoms. The Morgan fingerprint density at radius 3 is 2.47 bits per heavy atom. The van der Waals surface area contributed by atoms with Crippen LogP contribution >= 0.6 is 36.2 Å². The third-order valence-corrected chi connectivity index (χ3v) is 6.13. The molecule has 0 unspecified atom stereocenters. The summed E-state index contributed by atoms with van der Waals surface area (Å²) in [5.41, 5.74) is 2.10. The highest BCUT2D eigenvalue weighted by molar-refractivity contribution is 7.17. The summed E-state index contributed by atoms with van der Waals surface area (Å²) in [5, 5.41) is 12.3. The summed E-state index contributed by atoms with van der Waals surface area (Å²) < 4.78 is 6.92. The van der Waals surface area contributed by atoms with E-state index in [1.165, 1.54) is 10.1 Å². The second-order valence-electron chi connectivity index (χ2n) is 7.03. The Morgan fingerprint density at radius 1 is 1.07 bits per heavy atom. The van der Waals surface area contributed by atoms with E-state index >= 15 is 0 Å². The van der Waals surface area contributed by atoms with Gasteiger partial charge < -0.3 is 19.6 Å². The molecule has 1 N–H and O–H groups in total. The van der Waals surface area contributed by atoms with Crippen LogP contribution in [0.5, 0.6) is 5.75 Å². The number of thiophene rings is 1. The molecule has 0 atom stereocenters. The van der Waals surface area contributed by atoms with Gasteiger partial charge in [0.05, 0.1) is 12.3 Å². The minimum atomic E-state index is 0. The smallest absolute Gasteiger partial charge is 0.138 e. The van der Waals surface area contributed by atoms with Gasteiger partial charge in [0, 0.05) is 54.9 Å². The van der Waals surface area contributed by atoms with E-state index in [0.29, 0.717) is 13.0 Å². The van der Waals surface area contributed by atoms with Crippen molar-refractivity contribution in [3.8, 4) is 17.0 Å². The molecule has 8 heteroatoms. The molecule has 1 aliphatic heterocycles. The van der Waals surface area contributed by atoms with E-state index in [2.05, 4.69) is 46.4 Å². The number of nitrogens with zero attached hydrogens (tertiary/aromatic N) is 3. The van der Waals surface area contributed by atoms with Crippen molar-refractivity contribution in [1.29, 1.82) is 0 Å².